The molecule has 0 radical (unpaired) electrons. The number of hydrogen-bond acceptors (Lipinski definition) is 3. The summed E-state index contributed by atoms with van der Waals surface area (Å²) in [6.45, 7) is 6.80. The molecular formula is C19H27ClIN5O2. The molecule has 1 atom stereocenters. The molecule has 2 aliphatic rings. The van der Waals surface area contributed by atoms with Gasteiger partial charge in [0.1, 0.15) is 5.54 Å². The second-order valence-electron chi connectivity index (χ2n) is 7.17. The molecule has 2 fully saturated rings. The lowest BCUT2D eigenvalue weighted by molar-refractivity contribution is -0.125. The predicted octanol–water partition coefficient (Wildman–Crippen LogP) is 2.73. The van der Waals surface area contributed by atoms with Crippen LogP contribution in [0.15, 0.2) is 29.3 Å². The van der Waals surface area contributed by atoms with Crippen LogP contribution in [0, 0.1) is 5.92 Å². The number of benzene rings is 1. The summed E-state index contributed by atoms with van der Waals surface area (Å²) >= 11 is 5.93. The summed E-state index contributed by atoms with van der Waals surface area (Å²) in [5.41, 5.74) is 0.282. The molecule has 28 heavy (non-hydrogen) atoms. The van der Waals surface area contributed by atoms with Crippen LogP contribution in [-0.2, 0) is 11.3 Å². The zero-order valence-electron chi connectivity index (χ0n) is 16.1. The molecule has 2 saturated heterocycles. The Labute approximate surface area is 187 Å². The number of rotatable bonds is 4. The van der Waals surface area contributed by atoms with Crippen LogP contribution in [0.3, 0.4) is 0 Å². The fraction of sp³-hybridized carbons (Fsp3) is 0.526. The largest absolute Gasteiger partial charge is 0.357 e. The van der Waals surface area contributed by atoms with Crippen LogP contribution < -0.4 is 16.0 Å². The minimum Gasteiger partial charge on any atom is -0.357 e. The van der Waals surface area contributed by atoms with E-state index in [1.54, 1.807) is 0 Å². The van der Waals surface area contributed by atoms with E-state index in [1.165, 1.54) is 0 Å². The van der Waals surface area contributed by atoms with Crippen molar-refractivity contribution in [1.29, 1.82) is 0 Å². The third-order valence-electron chi connectivity index (χ3n) is 5.34. The Morgan fingerprint density at radius 3 is 2.46 bits per heavy atom. The molecule has 0 bridgehead atoms. The third-order valence-corrected chi connectivity index (χ3v) is 5.59. The lowest BCUT2D eigenvalue weighted by Crippen LogP contribution is -2.55. The summed E-state index contributed by atoms with van der Waals surface area (Å²) in [7, 11) is 0. The van der Waals surface area contributed by atoms with Crippen LogP contribution in [0.1, 0.15) is 32.3 Å². The number of imide groups is 1. The molecule has 7 nitrogen and oxygen atoms in total. The highest BCUT2D eigenvalue weighted by Gasteiger charge is 2.48. The van der Waals surface area contributed by atoms with Crippen LogP contribution in [0.25, 0.3) is 0 Å². The molecule has 1 unspecified atom stereocenters. The summed E-state index contributed by atoms with van der Waals surface area (Å²) in [6, 6.07) is 7.29. The summed E-state index contributed by atoms with van der Waals surface area (Å²) in [6.07, 6.45) is 1.63. The maximum absolute atomic E-state index is 12.2. The monoisotopic (exact) mass is 519 g/mol. The Bertz CT molecular complexity index is 734. The average molecular weight is 520 g/mol. The zero-order chi connectivity index (χ0) is 19.4. The van der Waals surface area contributed by atoms with E-state index in [1.807, 2.05) is 38.1 Å². The number of halogens is 2. The predicted molar refractivity (Wildman–Crippen MR) is 121 cm³/mol. The van der Waals surface area contributed by atoms with Gasteiger partial charge in [0.15, 0.2) is 5.96 Å². The number of hydrogen-bond donors (Lipinski definition) is 3. The van der Waals surface area contributed by atoms with Gasteiger partial charge < -0.3 is 15.5 Å². The van der Waals surface area contributed by atoms with Gasteiger partial charge in [-0.1, -0.05) is 23.7 Å². The molecular weight excluding hydrogens is 493 g/mol. The molecule has 0 saturated carbocycles. The summed E-state index contributed by atoms with van der Waals surface area (Å²) in [4.78, 5) is 30.6. The average Bonchev–Trinajstić information content (AvgIpc) is 2.93. The minimum absolute atomic E-state index is 0. The van der Waals surface area contributed by atoms with Gasteiger partial charge >= 0.3 is 6.03 Å². The van der Waals surface area contributed by atoms with Crippen molar-refractivity contribution in [2.45, 2.75) is 38.8 Å². The van der Waals surface area contributed by atoms with Crippen molar-refractivity contribution in [2.75, 3.05) is 19.6 Å². The molecule has 2 heterocycles. The number of piperidine rings is 1. The SMILES string of the molecule is CCNC(=NCc1ccc(Cl)cc1)N1CCC(C2(C)NC(=O)NC2=O)CC1.I. The van der Waals surface area contributed by atoms with Crippen LogP contribution >= 0.6 is 35.6 Å². The first-order valence-corrected chi connectivity index (χ1v) is 9.71. The smallest absolute Gasteiger partial charge is 0.322 e. The van der Waals surface area contributed by atoms with Gasteiger partial charge in [0.25, 0.3) is 5.91 Å². The van der Waals surface area contributed by atoms with Crippen LogP contribution in [0.2, 0.25) is 5.02 Å². The number of carbonyl (C=O) groups excluding carboxylic acids is 2. The van der Waals surface area contributed by atoms with Crippen molar-refractivity contribution < 1.29 is 9.59 Å². The van der Waals surface area contributed by atoms with Crippen molar-refractivity contribution in [1.82, 2.24) is 20.9 Å². The molecule has 3 amide bonds. The van der Waals surface area contributed by atoms with E-state index in [-0.39, 0.29) is 35.8 Å². The number of amides is 3. The number of nitrogens with zero attached hydrogens (tertiary/aromatic N) is 2. The van der Waals surface area contributed by atoms with Crippen LogP contribution in [-0.4, -0.2) is 48.0 Å². The number of likely N-dealkylation sites (tertiary alicyclic amines) is 1. The molecule has 3 rings (SSSR count). The van der Waals surface area contributed by atoms with Crippen molar-refractivity contribution in [3.8, 4) is 0 Å². The van der Waals surface area contributed by atoms with E-state index in [0.717, 1.165) is 44.0 Å². The highest BCUT2D eigenvalue weighted by atomic mass is 127. The molecule has 0 spiro atoms. The van der Waals surface area contributed by atoms with E-state index in [9.17, 15) is 9.59 Å². The van der Waals surface area contributed by atoms with Crippen LogP contribution in [0.5, 0.6) is 0 Å². The quantitative estimate of drug-likeness (QED) is 0.247. The topological polar surface area (TPSA) is 85.8 Å². The number of carbonyl (C=O) groups is 2. The van der Waals surface area contributed by atoms with Gasteiger partial charge in [-0.2, -0.15) is 0 Å². The van der Waals surface area contributed by atoms with Gasteiger partial charge in [-0.3, -0.25) is 10.1 Å². The first kappa shape index (κ1) is 22.7. The Balaban J connectivity index is 0.00000280. The molecule has 154 valence electrons. The Hall–Kier alpha value is -1.55. The summed E-state index contributed by atoms with van der Waals surface area (Å²) < 4.78 is 0. The van der Waals surface area contributed by atoms with Crippen molar-refractivity contribution in [3.63, 3.8) is 0 Å². The van der Waals surface area contributed by atoms with E-state index >= 15 is 0 Å². The van der Waals surface area contributed by atoms with Gasteiger partial charge in [-0.15, -0.1) is 24.0 Å². The van der Waals surface area contributed by atoms with Crippen molar-refractivity contribution >= 4 is 53.5 Å². The maximum atomic E-state index is 12.2. The van der Waals surface area contributed by atoms with Gasteiger partial charge in [-0.05, 0) is 50.3 Å². The van der Waals surface area contributed by atoms with E-state index in [2.05, 4.69) is 20.9 Å². The lowest BCUT2D eigenvalue weighted by Gasteiger charge is -2.39. The number of guanidine groups is 1. The summed E-state index contributed by atoms with van der Waals surface area (Å²) in [5, 5.41) is 9.21. The Morgan fingerprint density at radius 1 is 1.29 bits per heavy atom. The van der Waals surface area contributed by atoms with Gasteiger partial charge in [0.05, 0.1) is 6.54 Å². The zero-order valence-corrected chi connectivity index (χ0v) is 19.2. The number of nitrogens with one attached hydrogen (secondary N) is 3. The first-order chi connectivity index (χ1) is 12.9. The second kappa shape index (κ2) is 9.78. The highest BCUT2D eigenvalue weighted by molar-refractivity contribution is 14.0. The van der Waals surface area contributed by atoms with Crippen molar-refractivity contribution in [3.05, 3.63) is 34.9 Å². The second-order valence-corrected chi connectivity index (χ2v) is 7.60. The molecule has 3 N–H and O–H groups in total. The lowest BCUT2D eigenvalue weighted by atomic mass is 9.79. The van der Waals surface area contributed by atoms with Crippen molar-refractivity contribution in [2.24, 2.45) is 10.9 Å². The molecule has 0 aliphatic carbocycles. The fourth-order valence-electron chi connectivity index (χ4n) is 3.69. The molecule has 1 aromatic carbocycles. The van der Waals surface area contributed by atoms with Crippen LogP contribution in [0.4, 0.5) is 4.79 Å². The Morgan fingerprint density at radius 2 is 1.93 bits per heavy atom. The van der Waals surface area contributed by atoms with Gasteiger partial charge in [0, 0.05) is 24.7 Å². The molecule has 1 aromatic rings. The molecule has 0 aromatic heterocycles. The fourth-order valence-corrected chi connectivity index (χ4v) is 3.82. The number of aliphatic imine (C=N–C) groups is 1. The van der Waals surface area contributed by atoms with Gasteiger partial charge in [0.2, 0.25) is 0 Å². The van der Waals surface area contributed by atoms with E-state index < -0.39 is 11.6 Å². The third kappa shape index (κ3) is 5.08. The highest BCUT2D eigenvalue weighted by Crippen LogP contribution is 2.30. The first-order valence-electron chi connectivity index (χ1n) is 9.33. The summed E-state index contributed by atoms with van der Waals surface area (Å²) in [5.74, 6) is 0.754. The van der Waals surface area contributed by atoms with Gasteiger partial charge in [-0.25, -0.2) is 9.79 Å². The Kier molecular flexibility index (Phi) is 7.94. The minimum atomic E-state index is -0.817. The molecule has 2 aliphatic heterocycles. The standard InChI is InChI=1S/C19H26ClN5O2.HI/c1-3-21-17(22-12-13-4-6-15(20)7-5-13)25-10-8-14(9-11-25)19(2)16(26)23-18(27)24-19;/h4-7,14H,3,8-12H2,1-2H3,(H,21,22)(H2,23,24,26,27);1H. The maximum Gasteiger partial charge on any atom is 0.322 e. The normalized spacial score (nSPS) is 23.1. The van der Waals surface area contributed by atoms with E-state index in [0.29, 0.717) is 11.6 Å². The van der Waals surface area contributed by atoms with E-state index in [4.69, 9.17) is 16.6 Å². The molecule has 9 heteroatoms. The number of urea groups is 1.